The first-order valence-electron chi connectivity index (χ1n) is 9.57. The Kier molecular flexibility index (Phi) is 6.36. The predicted octanol–water partition coefficient (Wildman–Crippen LogP) is 3.21. The van der Waals surface area contributed by atoms with Crippen LogP contribution in [-0.4, -0.2) is 34.0 Å². The lowest BCUT2D eigenvalue weighted by Gasteiger charge is -2.17. The summed E-state index contributed by atoms with van der Waals surface area (Å²) in [6.07, 6.45) is 2.51. The van der Waals surface area contributed by atoms with Gasteiger partial charge in [0.25, 0.3) is 0 Å². The normalized spacial score (nSPS) is 14.3. The summed E-state index contributed by atoms with van der Waals surface area (Å²) in [6.45, 7) is 6.00. The molecule has 0 bridgehead atoms. The maximum atomic E-state index is 12.4. The van der Waals surface area contributed by atoms with Gasteiger partial charge < -0.3 is 10.2 Å². The molecule has 7 heteroatoms. The van der Waals surface area contributed by atoms with Crippen molar-refractivity contribution in [1.82, 2.24) is 4.72 Å². The third-order valence-corrected chi connectivity index (χ3v) is 6.51. The molecule has 0 atom stereocenters. The van der Waals surface area contributed by atoms with Crippen LogP contribution in [-0.2, 0) is 14.8 Å². The van der Waals surface area contributed by atoms with Gasteiger partial charge in [-0.15, -0.1) is 0 Å². The maximum absolute atomic E-state index is 12.4. The van der Waals surface area contributed by atoms with E-state index in [2.05, 4.69) is 14.9 Å². The summed E-state index contributed by atoms with van der Waals surface area (Å²) in [6, 6.07) is 12.8. The Labute approximate surface area is 167 Å². The van der Waals surface area contributed by atoms with Crippen LogP contribution in [0.15, 0.2) is 47.4 Å². The number of carbonyl (C=O) groups excluding carboxylic acids is 1. The van der Waals surface area contributed by atoms with Crippen LogP contribution >= 0.6 is 0 Å². The molecule has 2 aromatic carbocycles. The first kappa shape index (κ1) is 20.4. The monoisotopic (exact) mass is 401 g/mol. The van der Waals surface area contributed by atoms with E-state index in [1.165, 1.54) is 12.8 Å². The molecule has 6 nitrogen and oxygen atoms in total. The molecule has 0 radical (unpaired) electrons. The molecule has 150 valence electrons. The molecule has 1 saturated heterocycles. The summed E-state index contributed by atoms with van der Waals surface area (Å²) >= 11 is 0. The van der Waals surface area contributed by atoms with Crippen LogP contribution in [0.2, 0.25) is 0 Å². The van der Waals surface area contributed by atoms with Crippen LogP contribution in [0.25, 0.3) is 0 Å². The molecular weight excluding hydrogens is 374 g/mol. The number of hydrogen-bond donors (Lipinski definition) is 2. The van der Waals surface area contributed by atoms with Crippen LogP contribution in [0.1, 0.15) is 30.4 Å². The number of aryl methyl sites for hydroxylation is 2. The summed E-state index contributed by atoms with van der Waals surface area (Å²) in [5.74, 6) is -0.225. The molecule has 1 aliphatic heterocycles. The second kappa shape index (κ2) is 8.75. The lowest BCUT2D eigenvalue weighted by atomic mass is 10.1. The zero-order chi connectivity index (χ0) is 20.1. The topological polar surface area (TPSA) is 78.5 Å². The van der Waals surface area contributed by atoms with Crippen molar-refractivity contribution < 1.29 is 13.2 Å². The predicted molar refractivity (Wildman–Crippen MR) is 112 cm³/mol. The molecule has 0 spiro atoms. The van der Waals surface area contributed by atoms with Gasteiger partial charge in [-0.2, -0.15) is 0 Å². The fraction of sp³-hybridized carbons (Fsp3) is 0.381. The lowest BCUT2D eigenvalue weighted by Crippen LogP contribution is -2.28. The Bertz CT molecular complexity index is 934. The van der Waals surface area contributed by atoms with E-state index in [0.717, 1.165) is 29.9 Å². The minimum Gasteiger partial charge on any atom is -0.372 e. The molecule has 0 unspecified atom stereocenters. The SMILES string of the molecule is Cc1ccc(S(=O)(=O)NCCC(=O)Nc2ccc(N3CCCC3)cc2)cc1C. The van der Waals surface area contributed by atoms with Crippen molar-refractivity contribution in [3.8, 4) is 0 Å². The van der Waals surface area contributed by atoms with E-state index in [9.17, 15) is 13.2 Å². The molecule has 2 aromatic rings. The standard InChI is InChI=1S/C21H27N3O3S/c1-16-5-10-20(15-17(16)2)28(26,27)22-12-11-21(25)23-18-6-8-19(9-7-18)24-13-3-4-14-24/h5-10,15,22H,3-4,11-14H2,1-2H3,(H,23,25). The molecule has 1 amide bonds. The van der Waals surface area contributed by atoms with Crippen LogP contribution in [0.3, 0.4) is 0 Å². The van der Waals surface area contributed by atoms with Gasteiger partial charge in [-0.3, -0.25) is 4.79 Å². The van der Waals surface area contributed by atoms with Gasteiger partial charge in [-0.05, 0) is 74.2 Å². The number of rotatable bonds is 7. The second-order valence-corrected chi connectivity index (χ2v) is 8.95. The fourth-order valence-corrected chi connectivity index (χ4v) is 4.33. The van der Waals surface area contributed by atoms with Crippen LogP contribution in [0, 0.1) is 13.8 Å². The molecule has 1 heterocycles. The van der Waals surface area contributed by atoms with Gasteiger partial charge in [0.1, 0.15) is 0 Å². The van der Waals surface area contributed by atoms with Crippen molar-refractivity contribution in [3.05, 3.63) is 53.6 Å². The highest BCUT2D eigenvalue weighted by Gasteiger charge is 2.15. The molecular formula is C21H27N3O3S. The van der Waals surface area contributed by atoms with Gasteiger partial charge in [0.15, 0.2) is 0 Å². The van der Waals surface area contributed by atoms with Crippen molar-refractivity contribution in [2.75, 3.05) is 29.9 Å². The van der Waals surface area contributed by atoms with Gasteiger partial charge in [-0.25, -0.2) is 13.1 Å². The lowest BCUT2D eigenvalue weighted by molar-refractivity contribution is -0.116. The van der Waals surface area contributed by atoms with Crippen molar-refractivity contribution in [2.24, 2.45) is 0 Å². The van der Waals surface area contributed by atoms with Gasteiger partial charge in [0.05, 0.1) is 4.90 Å². The summed E-state index contributed by atoms with van der Waals surface area (Å²) in [7, 11) is -3.62. The Hall–Kier alpha value is -2.38. The number of carbonyl (C=O) groups is 1. The summed E-state index contributed by atoms with van der Waals surface area (Å²) in [4.78, 5) is 14.7. The van der Waals surface area contributed by atoms with Crippen molar-refractivity contribution in [1.29, 1.82) is 0 Å². The van der Waals surface area contributed by atoms with E-state index in [1.807, 2.05) is 38.1 Å². The largest absolute Gasteiger partial charge is 0.372 e. The number of sulfonamides is 1. The summed E-state index contributed by atoms with van der Waals surface area (Å²) < 4.78 is 27.2. The Morgan fingerprint density at radius 3 is 2.32 bits per heavy atom. The minimum atomic E-state index is -3.62. The van der Waals surface area contributed by atoms with Crippen LogP contribution < -0.4 is 14.9 Å². The number of nitrogens with zero attached hydrogens (tertiary/aromatic N) is 1. The number of nitrogens with one attached hydrogen (secondary N) is 2. The van der Waals surface area contributed by atoms with E-state index in [4.69, 9.17) is 0 Å². The van der Waals surface area contributed by atoms with Crippen LogP contribution in [0.4, 0.5) is 11.4 Å². The minimum absolute atomic E-state index is 0.0486. The molecule has 0 aromatic heterocycles. The quantitative estimate of drug-likeness (QED) is 0.747. The zero-order valence-corrected chi connectivity index (χ0v) is 17.2. The van der Waals surface area contributed by atoms with Gasteiger partial charge in [0.2, 0.25) is 15.9 Å². The van der Waals surface area contributed by atoms with Crippen molar-refractivity contribution >= 4 is 27.3 Å². The average molecular weight is 402 g/mol. The van der Waals surface area contributed by atoms with E-state index in [0.29, 0.717) is 5.69 Å². The van der Waals surface area contributed by atoms with E-state index >= 15 is 0 Å². The van der Waals surface area contributed by atoms with Gasteiger partial charge in [-0.1, -0.05) is 6.07 Å². The van der Waals surface area contributed by atoms with Gasteiger partial charge in [0, 0.05) is 37.4 Å². The van der Waals surface area contributed by atoms with Gasteiger partial charge >= 0.3 is 0 Å². The van der Waals surface area contributed by atoms with Crippen molar-refractivity contribution in [2.45, 2.75) is 38.0 Å². The van der Waals surface area contributed by atoms with E-state index in [-0.39, 0.29) is 23.8 Å². The number of hydrogen-bond acceptors (Lipinski definition) is 4. The highest BCUT2D eigenvalue weighted by atomic mass is 32.2. The second-order valence-electron chi connectivity index (χ2n) is 7.18. The zero-order valence-electron chi connectivity index (χ0n) is 16.4. The maximum Gasteiger partial charge on any atom is 0.240 e. The summed E-state index contributed by atoms with van der Waals surface area (Å²) in [5, 5.41) is 2.81. The highest BCUT2D eigenvalue weighted by molar-refractivity contribution is 7.89. The Morgan fingerprint density at radius 1 is 1.00 bits per heavy atom. The first-order chi connectivity index (χ1) is 13.3. The molecule has 0 saturated carbocycles. The highest BCUT2D eigenvalue weighted by Crippen LogP contribution is 2.22. The molecule has 1 fully saturated rings. The summed E-state index contributed by atoms with van der Waals surface area (Å²) in [5.41, 5.74) is 3.83. The average Bonchev–Trinajstić information content (AvgIpc) is 3.19. The smallest absolute Gasteiger partial charge is 0.240 e. The molecule has 2 N–H and O–H groups in total. The van der Waals surface area contributed by atoms with E-state index < -0.39 is 10.0 Å². The number of amides is 1. The van der Waals surface area contributed by atoms with Crippen molar-refractivity contribution in [3.63, 3.8) is 0 Å². The third kappa shape index (κ3) is 5.11. The molecule has 1 aliphatic rings. The Morgan fingerprint density at radius 2 is 1.68 bits per heavy atom. The fourth-order valence-electron chi connectivity index (χ4n) is 3.22. The van der Waals surface area contributed by atoms with E-state index in [1.54, 1.807) is 18.2 Å². The number of anilines is 2. The van der Waals surface area contributed by atoms with Crippen LogP contribution in [0.5, 0.6) is 0 Å². The Balaban J connectivity index is 1.49. The first-order valence-corrected chi connectivity index (χ1v) is 11.1. The third-order valence-electron chi connectivity index (χ3n) is 5.06. The molecule has 0 aliphatic carbocycles. The molecule has 3 rings (SSSR count). The number of benzene rings is 2. The molecule has 28 heavy (non-hydrogen) atoms.